The second-order valence-electron chi connectivity index (χ2n) is 7.55. The van der Waals surface area contributed by atoms with Crippen molar-refractivity contribution in [1.82, 2.24) is 0 Å². The number of nitrogens with one attached hydrogen (secondary N) is 3. The number of benzene rings is 3. The van der Waals surface area contributed by atoms with Crippen molar-refractivity contribution in [1.29, 1.82) is 0 Å². The molecule has 0 aliphatic carbocycles. The first-order chi connectivity index (χ1) is 16.6. The molecular formula is C27H31N3O4. The molecule has 0 spiro atoms. The first-order valence-electron chi connectivity index (χ1n) is 11.4. The molecule has 3 aromatic rings. The Hall–Kier alpha value is -3.84. The third-order valence-corrected chi connectivity index (χ3v) is 4.95. The van der Waals surface area contributed by atoms with E-state index >= 15 is 0 Å². The minimum atomic E-state index is -0.191. The van der Waals surface area contributed by atoms with Crippen molar-refractivity contribution >= 4 is 28.9 Å². The van der Waals surface area contributed by atoms with Gasteiger partial charge >= 0.3 is 0 Å². The molecule has 7 heteroatoms. The fourth-order valence-corrected chi connectivity index (χ4v) is 3.24. The van der Waals surface area contributed by atoms with Gasteiger partial charge in [-0.3, -0.25) is 9.59 Å². The molecule has 178 valence electrons. The van der Waals surface area contributed by atoms with Gasteiger partial charge in [0.05, 0.1) is 18.8 Å². The number of carbonyl (C=O) groups excluding carboxylic acids is 2. The quantitative estimate of drug-likeness (QED) is 0.321. The summed E-state index contributed by atoms with van der Waals surface area (Å²) in [5.74, 6) is 0.429. The summed E-state index contributed by atoms with van der Waals surface area (Å²) >= 11 is 0. The van der Waals surface area contributed by atoms with Gasteiger partial charge in [0.15, 0.2) is 0 Å². The highest BCUT2D eigenvalue weighted by Crippen LogP contribution is 2.23. The summed E-state index contributed by atoms with van der Waals surface area (Å²) in [5.41, 5.74) is 3.20. The van der Waals surface area contributed by atoms with E-state index in [9.17, 15) is 9.59 Å². The van der Waals surface area contributed by atoms with Gasteiger partial charge in [-0.2, -0.15) is 0 Å². The molecule has 0 unspecified atom stereocenters. The summed E-state index contributed by atoms with van der Waals surface area (Å²) in [7, 11) is 0. The molecule has 0 aliphatic rings. The highest BCUT2D eigenvalue weighted by Gasteiger charge is 2.07. The van der Waals surface area contributed by atoms with Gasteiger partial charge in [-0.05, 0) is 55.3 Å². The summed E-state index contributed by atoms with van der Waals surface area (Å²) in [5, 5.41) is 8.83. The Morgan fingerprint density at radius 2 is 1.41 bits per heavy atom. The van der Waals surface area contributed by atoms with Crippen molar-refractivity contribution in [3.63, 3.8) is 0 Å². The lowest BCUT2D eigenvalue weighted by Gasteiger charge is -2.13. The van der Waals surface area contributed by atoms with E-state index in [-0.39, 0.29) is 18.4 Å². The molecule has 3 aromatic carbocycles. The van der Waals surface area contributed by atoms with Crippen molar-refractivity contribution in [3.05, 3.63) is 84.4 Å². The van der Waals surface area contributed by atoms with E-state index in [1.807, 2.05) is 61.5 Å². The summed E-state index contributed by atoms with van der Waals surface area (Å²) in [6.07, 6.45) is 1.10. The van der Waals surface area contributed by atoms with Crippen LogP contribution in [0.3, 0.4) is 0 Å². The standard InChI is InChI=1S/C27H31N3O4/c1-2-33-18-19-34-25-11-7-6-10-24(25)28-20-27(32)30-23-15-13-22(14-16-23)29-26(31)17-12-21-8-4-3-5-9-21/h3-11,13-16,28H,2,12,17-20H2,1H3,(H,29,31)(H,30,32). The molecule has 0 fully saturated rings. The van der Waals surface area contributed by atoms with Gasteiger partial charge < -0.3 is 25.4 Å². The first kappa shape index (κ1) is 24.8. The maximum absolute atomic E-state index is 12.4. The molecule has 0 saturated carbocycles. The Kier molecular flexibility index (Phi) is 9.95. The molecule has 2 amide bonds. The van der Waals surface area contributed by atoms with Crippen LogP contribution in [0.5, 0.6) is 5.75 Å². The number of rotatable bonds is 13. The van der Waals surface area contributed by atoms with Gasteiger partial charge in [-0.15, -0.1) is 0 Å². The molecule has 0 atom stereocenters. The molecule has 34 heavy (non-hydrogen) atoms. The number of carbonyl (C=O) groups is 2. The smallest absolute Gasteiger partial charge is 0.243 e. The monoisotopic (exact) mass is 461 g/mol. The first-order valence-corrected chi connectivity index (χ1v) is 11.4. The normalized spacial score (nSPS) is 10.4. The van der Waals surface area contributed by atoms with E-state index in [0.29, 0.717) is 49.8 Å². The van der Waals surface area contributed by atoms with Crippen LogP contribution in [0.25, 0.3) is 0 Å². The zero-order valence-electron chi connectivity index (χ0n) is 19.4. The Labute approximate surface area is 200 Å². The van der Waals surface area contributed by atoms with Crippen LogP contribution in [0.2, 0.25) is 0 Å². The number of aryl methyl sites for hydroxylation is 1. The molecular weight excluding hydrogens is 430 g/mol. The molecule has 0 radical (unpaired) electrons. The van der Waals surface area contributed by atoms with Crippen molar-refractivity contribution in [2.75, 3.05) is 42.3 Å². The Morgan fingerprint density at radius 3 is 2.12 bits per heavy atom. The Morgan fingerprint density at radius 1 is 0.765 bits per heavy atom. The van der Waals surface area contributed by atoms with Crippen LogP contribution in [0.1, 0.15) is 18.9 Å². The Balaban J connectivity index is 1.42. The molecule has 0 aliphatic heterocycles. The van der Waals surface area contributed by atoms with E-state index in [2.05, 4.69) is 16.0 Å². The van der Waals surface area contributed by atoms with Crippen LogP contribution in [-0.4, -0.2) is 38.2 Å². The number of amides is 2. The van der Waals surface area contributed by atoms with Crippen molar-refractivity contribution < 1.29 is 19.1 Å². The van der Waals surface area contributed by atoms with Crippen molar-refractivity contribution in [2.24, 2.45) is 0 Å². The molecule has 3 rings (SSSR count). The lowest BCUT2D eigenvalue weighted by molar-refractivity contribution is -0.116. The summed E-state index contributed by atoms with van der Waals surface area (Å²) in [6, 6.07) is 24.4. The number of ether oxygens (including phenoxy) is 2. The highest BCUT2D eigenvalue weighted by atomic mass is 16.5. The summed E-state index contributed by atoms with van der Waals surface area (Å²) < 4.78 is 11.0. The molecule has 0 bridgehead atoms. The second kappa shape index (κ2) is 13.6. The average molecular weight is 462 g/mol. The summed E-state index contributed by atoms with van der Waals surface area (Å²) in [6.45, 7) is 3.61. The number of anilines is 3. The highest BCUT2D eigenvalue weighted by molar-refractivity contribution is 5.95. The minimum absolute atomic E-state index is 0.0491. The van der Waals surface area contributed by atoms with E-state index < -0.39 is 0 Å². The third kappa shape index (κ3) is 8.60. The second-order valence-corrected chi connectivity index (χ2v) is 7.55. The maximum atomic E-state index is 12.4. The number of para-hydroxylation sites is 2. The molecule has 3 N–H and O–H groups in total. The largest absolute Gasteiger partial charge is 0.489 e. The molecule has 7 nitrogen and oxygen atoms in total. The zero-order valence-corrected chi connectivity index (χ0v) is 19.4. The van der Waals surface area contributed by atoms with E-state index in [0.717, 1.165) is 11.3 Å². The predicted molar refractivity (Wildman–Crippen MR) is 135 cm³/mol. The predicted octanol–water partition coefficient (Wildman–Crippen LogP) is 4.72. The van der Waals surface area contributed by atoms with Crippen LogP contribution in [-0.2, 0) is 20.7 Å². The van der Waals surface area contributed by atoms with Crippen LogP contribution in [0.4, 0.5) is 17.1 Å². The minimum Gasteiger partial charge on any atom is -0.489 e. The Bertz CT molecular complexity index is 1040. The van der Waals surface area contributed by atoms with Gasteiger partial charge in [0.25, 0.3) is 0 Å². The number of hydrogen-bond acceptors (Lipinski definition) is 5. The molecule has 0 heterocycles. The van der Waals surface area contributed by atoms with Crippen LogP contribution in [0.15, 0.2) is 78.9 Å². The van der Waals surface area contributed by atoms with Gasteiger partial charge in [-0.1, -0.05) is 42.5 Å². The fraction of sp³-hybridized carbons (Fsp3) is 0.259. The lowest BCUT2D eigenvalue weighted by Crippen LogP contribution is -2.22. The maximum Gasteiger partial charge on any atom is 0.243 e. The van der Waals surface area contributed by atoms with Gasteiger partial charge in [-0.25, -0.2) is 0 Å². The van der Waals surface area contributed by atoms with Crippen LogP contribution < -0.4 is 20.7 Å². The van der Waals surface area contributed by atoms with Gasteiger partial charge in [0.1, 0.15) is 12.4 Å². The van der Waals surface area contributed by atoms with Crippen molar-refractivity contribution in [3.8, 4) is 5.75 Å². The molecule has 0 aromatic heterocycles. The van der Waals surface area contributed by atoms with E-state index in [4.69, 9.17) is 9.47 Å². The fourth-order valence-electron chi connectivity index (χ4n) is 3.24. The van der Waals surface area contributed by atoms with Gasteiger partial charge in [0, 0.05) is 24.4 Å². The SMILES string of the molecule is CCOCCOc1ccccc1NCC(=O)Nc1ccc(NC(=O)CCc2ccccc2)cc1. The number of hydrogen-bond donors (Lipinski definition) is 3. The molecule has 0 saturated heterocycles. The van der Waals surface area contributed by atoms with Crippen LogP contribution >= 0.6 is 0 Å². The summed E-state index contributed by atoms with van der Waals surface area (Å²) in [4.78, 5) is 24.6. The average Bonchev–Trinajstić information content (AvgIpc) is 2.86. The lowest BCUT2D eigenvalue weighted by atomic mass is 10.1. The topological polar surface area (TPSA) is 88.7 Å². The van der Waals surface area contributed by atoms with Crippen LogP contribution in [0, 0.1) is 0 Å². The zero-order chi connectivity index (χ0) is 24.0. The van der Waals surface area contributed by atoms with E-state index in [1.54, 1.807) is 24.3 Å². The third-order valence-electron chi connectivity index (χ3n) is 4.95. The van der Waals surface area contributed by atoms with E-state index in [1.165, 1.54) is 0 Å². The van der Waals surface area contributed by atoms with Crippen molar-refractivity contribution in [2.45, 2.75) is 19.8 Å². The van der Waals surface area contributed by atoms with Gasteiger partial charge in [0.2, 0.25) is 11.8 Å².